The number of imidazole rings is 2. The maximum atomic E-state index is 12.4. The number of hydrogen-bond donors (Lipinski definition) is 1. The highest BCUT2D eigenvalue weighted by atomic mass is 16.1. The van der Waals surface area contributed by atoms with E-state index in [1.165, 1.54) is 0 Å². The Morgan fingerprint density at radius 1 is 1.08 bits per heavy atom. The second-order valence-electron chi connectivity index (χ2n) is 6.09. The van der Waals surface area contributed by atoms with Crippen molar-refractivity contribution in [2.45, 2.75) is 13.0 Å². The molecule has 3 aromatic heterocycles. The highest BCUT2D eigenvalue weighted by Crippen LogP contribution is 2.19. The van der Waals surface area contributed by atoms with Crippen molar-refractivity contribution in [2.75, 3.05) is 6.54 Å². The van der Waals surface area contributed by atoms with Crippen LogP contribution in [-0.4, -0.2) is 31.4 Å². The number of aromatic nitrogens is 4. The smallest absolute Gasteiger partial charge is 0.252 e. The van der Waals surface area contributed by atoms with Crippen molar-refractivity contribution in [3.8, 4) is 11.3 Å². The summed E-state index contributed by atoms with van der Waals surface area (Å²) in [6.45, 7) is 1.45. The Kier molecular flexibility index (Phi) is 4.47. The molecule has 0 fully saturated rings. The number of rotatable bonds is 6. The van der Waals surface area contributed by atoms with Gasteiger partial charge in [-0.3, -0.25) is 4.79 Å². The minimum atomic E-state index is -0.0764. The summed E-state index contributed by atoms with van der Waals surface area (Å²) >= 11 is 0. The predicted molar refractivity (Wildman–Crippen MR) is 99.8 cm³/mol. The van der Waals surface area contributed by atoms with Gasteiger partial charge in [0.1, 0.15) is 5.65 Å². The molecule has 0 saturated carbocycles. The van der Waals surface area contributed by atoms with Crippen molar-refractivity contribution >= 4 is 11.6 Å². The molecule has 4 rings (SSSR count). The highest BCUT2D eigenvalue weighted by molar-refractivity contribution is 5.94. The SMILES string of the molecule is O=C(NCCCn1ccnc1)c1ccc2nc(-c3ccccc3)cn2c1. The number of aryl methyl sites for hydroxylation is 1. The van der Waals surface area contributed by atoms with Crippen LogP contribution in [0.1, 0.15) is 16.8 Å². The van der Waals surface area contributed by atoms with Crippen LogP contribution in [0.25, 0.3) is 16.9 Å². The molecule has 0 aliphatic rings. The van der Waals surface area contributed by atoms with Gasteiger partial charge in [0.2, 0.25) is 0 Å². The molecule has 6 heteroatoms. The van der Waals surface area contributed by atoms with Crippen molar-refractivity contribution < 1.29 is 4.79 Å². The molecule has 0 aliphatic heterocycles. The summed E-state index contributed by atoms with van der Waals surface area (Å²) < 4.78 is 3.89. The molecule has 26 heavy (non-hydrogen) atoms. The lowest BCUT2D eigenvalue weighted by atomic mass is 10.2. The maximum Gasteiger partial charge on any atom is 0.252 e. The summed E-state index contributed by atoms with van der Waals surface area (Å²) in [7, 11) is 0. The summed E-state index contributed by atoms with van der Waals surface area (Å²) in [6, 6.07) is 13.7. The van der Waals surface area contributed by atoms with Crippen LogP contribution in [0.4, 0.5) is 0 Å². The third kappa shape index (κ3) is 3.49. The number of carbonyl (C=O) groups excluding carboxylic acids is 1. The molecule has 0 spiro atoms. The number of nitrogens with one attached hydrogen (secondary N) is 1. The quantitative estimate of drug-likeness (QED) is 0.546. The van der Waals surface area contributed by atoms with Crippen LogP contribution in [0.2, 0.25) is 0 Å². The van der Waals surface area contributed by atoms with Crippen LogP contribution >= 0.6 is 0 Å². The van der Waals surface area contributed by atoms with Crippen LogP contribution in [-0.2, 0) is 6.54 Å². The summed E-state index contributed by atoms with van der Waals surface area (Å²) in [5, 5.41) is 2.96. The van der Waals surface area contributed by atoms with Gasteiger partial charge >= 0.3 is 0 Å². The lowest BCUT2D eigenvalue weighted by molar-refractivity contribution is 0.0952. The molecule has 0 saturated heterocycles. The van der Waals surface area contributed by atoms with Crippen molar-refractivity contribution in [3.63, 3.8) is 0 Å². The predicted octanol–water partition coefficient (Wildman–Crippen LogP) is 3.02. The Balaban J connectivity index is 1.42. The number of carbonyl (C=O) groups is 1. The molecule has 6 nitrogen and oxygen atoms in total. The fourth-order valence-electron chi connectivity index (χ4n) is 2.86. The molecule has 130 valence electrons. The van der Waals surface area contributed by atoms with Crippen molar-refractivity contribution in [2.24, 2.45) is 0 Å². The zero-order valence-electron chi connectivity index (χ0n) is 14.2. The van der Waals surface area contributed by atoms with Crippen LogP contribution in [0.5, 0.6) is 0 Å². The summed E-state index contributed by atoms with van der Waals surface area (Å²) in [6.07, 6.45) is 10.1. The first-order valence-corrected chi connectivity index (χ1v) is 8.58. The fourth-order valence-corrected chi connectivity index (χ4v) is 2.86. The van der Waals surface area contributed by atoms with E-state index in [1.54, 1.807) is 12.5 Å². The Morgan fingerprint density at radius 2 is 1.96 bits per heavy atom. The summed E-state index contributed by atoms with van der Waals surface area (Å²) in [4.78, 5) is 21.0. The van der Waals surface area contributed by atoms with Crippen LogP contribution in [0.15, 0.2) is 73.6 Å². The highest BCUT2D eigenvalue weighted by Gasteiger charge is 2.09. The van der Waals surface area contributed by atoms with Gasteiger partial charge in [-0.25, -0.2) is 9.97 Å². The largest absolute Gasteiger partial charge is 0.352 e. The normalized spacial score (nSPS) is 10.9. The molecule has 4 aromatic rings. The number of benzene rings is 1. The first-order chi connectivity index (χ1) is 12.8. The number of fused-ring (bicyclic) bond motifs is 1. The minimum absolute atomic E-state index is 0.0764. The molecule has 1 amide bonds. The Hall–Kier alpha value is -3.41. The minimum Gasteiger partial charge on any atom is -0.352 e. The molecule has 0 atom stereocenters. The van der Waals surface area contributed by atoms with Gasteiger partial charge in [-0.2, -0.15) is 0 Å². The van der Waals surface area contributed by atoms with Crippen LogP contribution in [0.3, 0.4) is 0 Å². The molecule has 0 unspecified atom stereocenters. The Bertz CT molecular complexity index is 1010. The van der Waals surface area contributed by atoms with Gasteiger partial charge in [-0.15, -0.1) is 0 Å². The first-order valence-electron chi connectivity index (χ1n) is 8.58. The number of pyridine rings is 1. The first kappa shape index (κ1) is 16.1. The van der Waals surface area contributed by atoms with E-state index in [2.05, 4.69) is 15.3 Å². The Morgan fingerprint density at radius 3 is 2.77 bits per heavy atom. The Labute approximate surface area is 151 Å². The molecule has 0 radical (unpaired) electrons. The third-order valence-electron chi connectivity index (χ3n) is 4.22. The van der Waals surface area contributed by atoms with Gasteiger partial charge in [0, 0.05) is 43.4 Å². The monoisotopic (exact) mass is 345 g/mol. The maximum absolute atomic E-state index is 12.4. The molecule has 1 N–H and O–H groups in total. The van der Waals surface area contributed by atoms with E-state index >= 15 is 0 Å². The standard InChI is InChI=1S/C20H19N5O/c26-20(22-9-4-11-24-12-10-21-15-24)17-7-8-19-23-18(14-25(19)13-17)16-5-2-1-3-6-16/h1-3,5-8,10,12-15H,4,9,11H2,(H,22,26). The van der Waals surface area contributed by atoms with E-state index in [0.717, 1.165) is 29.9 Å². The fraction of sp³-hybridized carbons (Fsp3) is 0.150. The summed E-state index contributed by atoms with van der Waals surface area (Å²) in [5.41, 5.74) is 3.39. The van der Waals surface area contributed by atoms with E-state index in [1.807, 2.05) is 70.0 Å². The van der Waals surface area contributed by atoms with Crippen molar-refractivity contribution in [1.29, 1.82) is 0 Å². The number of hydrogen-bond acceptors (Lipinski definition) is 3. The number of amides is 1. The second-order valence-corrected chi connectivity index (χ2v) is 6.09. The van der Waals surface area contributed by atoms with E-state index in [4.69, 9.17) is 0 Å². The van der Waals surface area contributed by atoms with Crippen LogP contribution in [0, 0.1) is 0 Å². The van der Waals surface area contributed by atoms with E-state index in [0.29, 0.717) is 12.1 Å². The molecule has 0 aliphatic carbocycles. The zero-order chi connectivity index (χ0) is 17.8. The molecule has 0 bridgehead atoms. The lowest BCUT2D eigenvalue weighted by Crippen LogP contribution is -2.25. The molecule has 1 aromatic carbocycles. The van der Waals surface area contributed by atoms with Crippen molar-refractivity contribution in [3.05, 3.63) is 79.1 Å². The van der Waals surface area contributed by atoms with Gasteiger partial charge in [0.05, 0.1) is 17.6 Å². The lowest BCUT2D eigenvalue weighted by Gasteiger charge is -2.06. The van der Waals surface area contributed by atoms with E-state index in [-0.39, 0.29) is 5.91 Å². The van der Waals surface area contributed by atoms with E-state index < -0.39 is 0 Å². The third-order valence-corrected chi connectivity index (χ3v) is 4.22. The van der Waals surface area contributed by atoms with Gasteiger partial charge < -0.3 is 14.3 Å². The van der Waals surface area contributed by atoms with Gasteiger partial charge in [0.25, 0.3) is 5.91 Å². The molecule has 3 heterocycles. The van der Waals surface area contributed by atoms with Crippen LogP contribution < -0.4 is 5.32 Å². The molecular formula is C20H19N5O. The van der Waals surface area contributed by atoms with Gasteiger partial charge in [-0.1, -0.05) is 30.3 Å². The zero-order valence-corrected chi connectivity index (χ0v) is 14.2. The summed E-state index contributed by atoms with van der Waals surface area (Å²) in [5.74, 6) is -0.0764. The second kappa shape index (κ2) is 7.23. The molecular weight excluding hydrogens is 326 g/mol. The van der Waals surface area contributed by atoms with Crippen molar-refractivity contribution in [1.82, 2.24) is 24.3 Å². The topological polar surface area (TPSA) is 64.2 Å². The van der Waals surface area contributed by atoms with Gasteiger partial charge in [0.15, 0.2) is 0 Å². The number of nitrogens with zero attached hydrogens (tertiary/aromatic N) is 4. The van der Waals surface area contributed by atoms with Gasteiger partial charge in [-0.05, 0) is 18.6 Å². The average Bonchev–Trinajstić information content (AvgIpc) is 3.34. The average molecular weight is 345 g/mol. The van der Waals surface area contributed by atoms with E-state index in [9.17, 15) is 4.79 Å².